The summed E-state index contributed by atoms with van der Waals surface area (Å²) >= 11 is 0. The van der Waals surface area contributed by atoms with Crippen LogP contribution in [0.4, 0.5) is 10.5 Å². The summed E-state index contributed by atoms with van der Waals surface area (Å²) in [7, 11) is 0. The summed E-state index contributed by atoms with van der Waals surface area (Å²) in [6.45, 7) is 8.46. The standard InChI is InChI=1S/C15H25N5O2/c1-10-5-6-11(13(16)21)8-19(10)14(22)18-12-7-17-20(9-12)15(2,3)4/h7,9-11H,5-6,8H2,1-4H3,(H2,16,21)(H,18,22)/t10-,11-/m0/s1. The largest absolute Gasteiger partial charge is 0.369 e. The van der Waals surface area contributed by atoms with E-state index in [0.29, 0.717) is 12.2 Å². The van der Waals surface area contributed by atoms with E-state index in [9.17, 15) is 9.59 Å². The topological polar surface area (TPSA) is 93.2 Å². The van der Waals surface area contributed by atoms with Crippen molar-refractivity contribution in [3.63, 3.8) is 0 Å². The van der Waals surface area contributed by atoms with Crippen LogP contribution in [0.1, 0.15) is 40.5 Å². The van der Waals surface area contributed by atoms with E-state index in [1.165, 1.54) is 0 Å². The fourth-order valence-electron chi connectivity index (χ4n) is 2.57. The fraction of sp³-hybridized carbons (Fsp3) is 0.667. The highest BCUT2D eigenvalue weighted by molar-refractivity contribution is 5.90. The molecule has 22 heavy (non-hydrogen) atoms. The first-order valence-corrected chi connectivity index (χ1v) is 7.60. The number of rotatable bonds is 2. The number of piperidine rings is 1. The van der Waals surface area contributed by atoms with E-state index in [1.54, 1.807) is 22.0 Å². The Morgan fingerprint density at radius 3 is 2.59 bits per heavy atom. The van der Waals surface area contributed by atoms with Gasteiger partial charge in [0, 0.05) is 18.8 Å². The first-order chi connectivity index (χ1) is 10.2. The third-order valence-corrected chi connectivity index (χ3v) is 4.07. The molecule has 2 heterocycles. The SMILES string of the molecule is C[C@H]1CC[C@H](C(N)=O)CN1C(=O)Nc1cnn(C(C)(C)C)c1. The van der Waals surface area contributed by atoms with Gasteiger partial charge in [-0.1, -0.05) is 0 Å². The minimum atomic E-state index is -0.342. The molecule has 1 saturated heterocycles. The van der Waals surface area contributed by atoms with Crippen molar-refractivity contribution in [1.82, 2.24) is 14.7 Å². The van der Waals surface area contributed by atoms with Crippen LogP contribution in [-0.4, -0.2) is 39.2 Å². The number of carbonyl (C=O) groups is 2. The molecule has 0 aromatic carbocycles. The molecule has 0 radical (unpaired) electrons. The number of likely N-dealkylation sites (tertiary alicyclic amines) is 1. The number of amides is 3. The average molecular weight is 307 g/mol. The van der Waals surface area contributed by atoms with Crippen molar-refractivity contribution in [3.05, 3.63) is 12.4 Å². The molecule has 1 aliphatic rings. The van der Waals surface area contributed by atoms with E-state index in [0.717, 1.165) is 12.8 Å². The van der Waals surface area contributed by atoms with Crippen molar-refractivity contribution >= 4 is 17.6 Å². The summed E-state index contributed by atoms with van der Waals surface area (Å²) in [5.41, 5.74) is 5.87. The first-order valence-electron chi connectivity index (χ1n) is 7.60. The molecule has 7 nitrogen and oxygen atoms in total. The Morgan fingerprint density at radius 2 is 2.05 bits per heavy atom. The van der Waals surface area contributed by atoms with Crippen LogP contribution in [0.25, 0.3) is 0 Å². The molecule has 122 valence electrons. The van der Waals surface area contributed by atoms with E-state index >= 15 is 0 Å². The lowest BCUT2D eigenvalue weighted by atomic mass is 9.93. The van der Waals surface area contributed by atoms with E-state index in [2.05, 4.69) is 10.4 Å². The number of nitrogens with one attached hydrogen (secondary N) is 1. The summed E-state index contributed by atoms with van der Waals surface area (Å²) < 4.78 is 1.80. The van der Waals surface area contributed by atoms with Crippen molar-refractivity contribution < 1.29 is 9.59 Å². The quantitative estimate of drug-likeness (QED) is 0.871. The normalized spacial score (nSPS) is 22.5. The Bertz CT molecular complexity index is 561. The molecule has 1 aromatic rings. The van der Waals surface area contributed by atoms with Crippen LogP contribution in [0.3, 0.4) is 0 Å². The van der Waals surface area contributed by atoms with Crippen molar-refractivity contribution in [2.24, 2.45) is 11.7 Å². The number of hydrogen-bond acceptors (Lipinski definition) is 3. The minimum absolute atomic E-state index is 0.0910. The lowest BCUT2D eigenvalue weighted by molar-refractivity contribution is -0.123. The molecule has 0 unspecified atom stereocenters. The Labute approximate surface area is 130 Å². The molecule has 2 rings (SSSR count). The second-order valence-corrected chi connectivity index (χ2v) is 6.95. The highest BCUT2D eigenvalue weighted by atomic mass is 16.2. The average Bonchev–Trinajstić information content (AvgIpc) is 2.87. The van der Waals surface area contributed by atoms with Crippen molar-refractivity contribution in [2.75, 3.05) is 11.9 Å². The van der Waals surface area contributed by atoms with Gasteiger partial charge in [0.25, 0.3) is 0 Å². The van der Waals surface area contributed by atoms with Gasteiger partial charge in [0.1, 0.15) is 0 Å². The monoisotopic (exact) mass is 307 g/mol. The first kappa shape index (κ1) is 16.3. The van der Waals surface area contributed by atoms with Gasteiger partial charge in [0.2, 0.25) is 5.91 Å². The fourth-order valence-corrected chi connectivity index (χ4v) is 2.57. The molecule has 1 aliphatic heterocycles. The Kier molecular flexibility index (Phi) is 4.44. The number of urea groups is 1. The lowest BCUT2D eigenvalue weighted by Crippen LogP contribution is -2.50. The van der Waals surface area contributed by atoms with Crippen LogP contribution in [0, 0.1) is 5.92 Å². The molecule has 3 N–H and O–H groups in total. The number of nitrogens with two attached hydrogens (primary N) is 1. The Hall–Kier alpha value is -2.05. The maximum absolute atomic E-state index is 12.4. The predicted molar refractivity (Wildman–Crippen MR) is 84.3 cm³/mol. The lowest BCUT2D eigenvalue weighted by Gasteiger charge is -2.36. The van der Waals surface area contributed by atoms with Crippen LogP contribution in [0.15, 0.2) is 12.4 Å². The van der Waals surface area contributed by atoms with Gasteiger partial charge in [-0.2, -0.15) is 5.10 Å². The van der Waals surface area contributed by atoms with E-state index in [1.807, 2.05) is 27.7 Å². The predicted octanol–water partition coefficient (Wildman–Crippen LogP) is 1.76. The zero-order valence-electron chi connectivity index (χ0n) is 13.7. The summed E-state index contributed by atoms with van der Waals surface area (Å²) in [6, 6.07) is -0.125. The molecule has 7 heteroatoms. The zero-order chi connectivity index (χ0) is 16.5. The van der Waals surface area contributed by atoms with Gasteiger partial charge < -0.3 is 16.0 Å². The molecular weight excluding hydrogens is 282 g/mol. The van der Waals surface area contributed by atoms with Gasteiger partial charge >= 0.3 is 6.03 Å². The van der Waals surface area contributed by atoms with Gasteiger partial charge in [0.05, 0.1) is 23.3 Å². The number of primary amides is 1. The smallest absolute Gasteiger partial charge is 0.322 e. The maximum atomic E-state index is 12.4. The van der Waals surface area contributed by atoms with Gasteiger partial charge in [-0.25, -0.2) is 4.79 Å². The van der Waals surface area contributed by atoms with Crippen molar-refractivity contribution in [2.45, 2.75) is 52.1 Å². The van der Waals surface area contributed by atoms with Gasteiger partial charge in [-0.15, -0.1) is 0 Å². The number of hydrogen-bond donors (Lipinski definition) is 2. The van der Waals surface area contributed by atoms with Crippen molar-refractivity contribution in [3.8, 4) is 0 Å². The Morgan fingerprint density at radius 1 is 1.36 bits per heavy atom. The van der Waals surface area contributed by atoms with Crippen LogP contribution in [0.2, 0.25) is 0 Å². The molecule has 3 amide bonds. The molecule has 0 bridgehead atoms. The summed E-state index contributed by atoms with van der Waals surface area (Å²) in [4.78, 5) is 25.5. The summed E-state index contributed by atoms with van der Waals surface area (Å²) in [5, 5.41) is 7.10. The van der Waals surface area contributed by atoms with Crippen LogP contribution in [-0.2, 0) is 10.3 Å². The third-order valence-electron chi connectivity index (χ3n) is 4.07. The third kappa shape index (κ3) is 3.58. The van der Waals surface area contributed by atoms with Crippen LogP contribution < -0.4 is 11.1 Å². The minimum Gasteiger partial charge on any atom is -0.369 e. The number of nitrogens with zero attached hydrogens (tertiary/aromatic N) is 3. The summed E-state index contributed by atoms with van der Waals surface area (Å²) in [6.07, 6.45) is 4.95. The van der Waals surface area contributed by atoms with E-state index < -0.39 is 0 Å². The molecule has 0 aliphatic carbocycles. The van der Waals surface area contributed by atoms with Crippen LogP contribution >= 0.6 is 0 Å². The highest BCUT2D eigenvalue weighted by Crippen LogP contribution is 2.23. The molecule has 2 atom stereocenters. The van der Waals surface area contributed by atoms with Gasteiger partial charge in [0.15, 0.2) is 0 Å². The number of aromatic nitrogens is 2. The van der Waals surface area contributed by atoms with E-state index in [-0.39, 0.29) is 29.4 Å². The zero-order valence-corrected chi connectivity index (χ0v) is 13.7. The van der Waals surface area contributed by atoms with Crippen molar-refractivity contribution in [1.29, 1.82) is 0 Å². The molecule has 0 saturated carbocycles. The molecule has 1 fully saturated rings. The van der Waals surface area contributed by atoms with Crippen LogP contribution in [0.5, 0.6) is 0 Å². The maximum Gasteiger partial charge on any atom is 0.322 e. The highest BCUT2D eigenvalue weighted by Gasteiger charge is 2.31. The van der Waals surface area contributed by atoms with Gasteiger partial charge in [-0.3, -0.25) is 9.48 Å². The Balaban J connectivity index is 2.04. The number of carbonyl (C=O) groups excluding carboxylic acids is 2. The molecule has 1 aromatic heterocycles. The summed E-state index contributed by atoms with van der Waals surface area (Å²) in [5.74, 6) is -0.607. The second kappa shape index (κ2) is 5.98. The number of anilines is 1. The van der Waals surface area contributed by atoms with E-state index in [4.69, 9.17) is 5.73 Å². The van der Waals surface area contributed by atoms with Gasteiger partial charge in [-0.05, 0) is 40.5 Å². The molecular formula is C15H25N5O2. The molecule has 0 spiro atoms. The second-order valence-electron chi connectivity index (χ2n) is 6.95.